The van der Waals surface area contributed by atoms with Crippen LogP contribution in [-0.4, -0.2) is 16.2 Å². The van der Waals surface area contributed by atoms with Crippen molar-refractivity contribution in [2.45, 2.75) is 13.5 Å². The molecule has 0 amide bonds. The van der Waals surface area contributed by atoms with Gasteiger partial charge in [-0.05, 0) is 42.3 Å². The number of fused-ring (bicyclic) bond motifs is 1. The van der Waals surface area contributed by atoms with Gasteiger partial charge in [0.1, 0.15) is 23.0 Å². The van der Waals surface area contributed by atoms with Gasteiger partial charge in [0.2, 0.25) is 0 Å². The summed E-state index contributed by atoms with van der Waals surface area (Å²) in [5.41, 5.74) is 2.58. The van der Waals surface area contributed by atoms with Crippen molar-refractivity contribution >= 4 is 21.6 Å². The number of hydrogen-bond donors (Lipinski definition) is 0. The average molecular weight is 380 g/mol. The van der Waals surface area contributed by atoms with Crippen LogP contribution in [0.1, 0.15) is 5.56 Å². The number of ether oxygens (including phenoxy) is 1. The van der Waals surface area contributed by atoms with Gasteiger partial charge in [0.25, 0.3) is 5.56 Å². The Balaban J connectivity index is 1.60. The second-order valence-electron chi connectivity index (χ2n) is 6.24. The van der Waals surface area contributed by atoms with E-state index in [0.717, 1.165) is 22.4 Å². The molecule has 4 nitrogen and oxygen atoms in total. The molecule has 0 radical (unpaired) electrons. The summed E-state index contributed by atoms with van der Waals surface area (Å²) in [5.74, 6) is 0.474. The quantitative estimate of drug-likeness (QED) is 0.506. The van der Waals surface area contributed by atoms with Crippen molar-refractivity contribution in [3.05, 3.63) is 82.0 Å². The first-order valence-corrected chi connectivity index (χ1v) is 9.42. The molecule has 0 saturated carbocycles. The molecule has 0 unspecified atom stereocenters. The maximum Gasteiger partial charge on any atom is 0.262 e. The summed E-state index contributed by atoms with van der Waals surface area (Å²) in [6.45, 7) is 2.77. The van der Waals surface area contributed by atoms with Crippen LogP contribution in [0.4, 0.5) is 4.39 Å². The van der Waals surface area contributed by atoms with Gasteiger partial charge in [-0.2, -0.15) is 0 Å². The lowest BCUT2D eigenvalue weighted by Crippen LogP contribution is -2.23. The summed E-state index contributed by atoms with van der Waals surface area (Å²) in [7, 11) is 0. The monoisotopic (exact) mass is 380 g/mol. The second kappa shape index (κ2) is 7.32. The van der Waals surface area contributed by atoms with Crippen molar-refractivity contribution in [1.82, 2.24) is 9.55 Å². The topological polar surface area (TPSA) is 44.1 Å². The largest absolute Gasteiger partial charge is 0.492 e. The van der Waals surface area contributed by atoms with Crippen LogP contribution >= 0.6 is 11.3 Å². The van der Waals surface area contributed by atoms with E-state index in [1.165, 1.54) is 23.5 Å². The van der Waals surface area contributed by atoms with Gasteiger partial charge in [-0.3, -0.25) is 9.36 Å². The molecule has 0 saturated heterocycles. The molecule has 2 heterocycles. The van der Waals surface area contributed by atoms with E-state index in [9.17, 15) is 9.18 Å². The van der Waals surface area contributed by atoms with Crippen molar-refractivity contribution < 1.29 is 9.13 Å². The van der Waals surface area contributed by atoms with Crippen LogP contribution in [0.25, 0.3) is 21.3 Å². The summed E-state index contributed by atoms with van der Waals surface area (Å²) < 4.78 is 20.5. The zero-order valence-electron chi connectivity index (χ0n) is 14.7. The number of aromatic nitrogens is 2. The highest BCUT2D eigenvalue weighted by molar-refractivity contribution is 7.17. The minimum Gasteiger partial charge on any atom is -0.492 e. The molecule has 4 rings (SSSR count). The smallest absolute Gasteiger partial charge is 0.262 e. The summed E-state index contributed by atoms with van der Waals surface area (Å²) >= 11 is 1.41. The fraction of sp³-hybridized carbons (Fsp3) is 0.143. The third-order valence-corrected chi connectivity index (χ3v) is 5.19. The predicted octanol–water partition coefficient (Wildman–Crippen LogP) is 4.65. The van der Waals surface area contributed by atoms with E-state index in [2.05, 4.69) is 4.98 Å². The molecule has 6 heteroatoms. The van der Waals surface area contributed by atoms with Crippen LogP contribution in [0.2, 0.25) is 0 Å². The Morgan fingerprint density at radius 1 is 1.19 bits per heavy atom. The number of hydrogen-bond acceptors (Lipinski definition) is 4. The fourth-order valence-electron chi connectivity index (χ4n) is 2.94. The van der Waals surface area contributed by atoms with Crippen molar-refractivity contribution in [1.29, 1.82) is 0 Å². The van der Waals surface area contributed by atoms with Crippen molar-refractivity contribution in [2.24, 2.45) is 0 Å². The number of benzene rings is 2. The van der Waals surface area contributed by atoms with Crippen LogP contribution in [0.15, 0.2) is 65.0 Å². The zero-order chi connectivity index (χ0) is 18.8. The van der Waals surface area contributed by atoms with Gasteiger partial charge >= 0.3 is 0 Å². The first kappa shape index (κ1) is 17.4. The van der Waals surface area contributed by atoms with Crippen LogP contribution < -0.4 is 10.3 Å². The van der Waals surface area contributed by atoms with E-state index < -0.39 is 0 Å². The van der Waals surface area contributed by atoms with Gasteiger partial charge < -0.3 is 4.74 Å². The Kier molecular flexibility index (Phi) is 4.73. The Hall–Kier alpha value is -2.99. The third kappa shape index (κ3) is 3.61. The first-order valence-electron chi connectivity index (χ1n) is 8.54. The van der Waals surface area contributed by atoms with E-state index >= 15 is 0 Å². The lowest BCUT2D eigenvalue weighted by atomic mass is 10.1. The molecular weight excluding hydrogens is 363 g/mol. The van der Waals surface area contributed by atoms with Gasteiger partial charge in [-0.1, -0.05) is 24.3 Å². The average Bonchev–Trinajstić information content (AvgIpc) is 3.09. The Morgan fingerprint density at radius 2 is 2.00 bits per heavy atom. The van der Waals surface area contributed by atoms with Gasteiger partial charge in [0.05, 0.1) is 18.3 Å². The molecule has 27 heavy (non-hydrogen) atoms. The maximum absolute atomic E-state index is 13.2. The van der Waals surface area contributed by atoms with Gasteiger partial charge in [0, 0.05) is 10.9 Å². The van der Waals surface area contributed by atoms with E-state index in [1.54, 1.807) is 23.0 Å². The molecule has 0 aliphatic carbocycles. The zero-order valence-corrected chi connectivity index (χ0v) is 15.5. The highest BCUT2D eigenvalue weighted by Gasteiger charge is 2.13. The molecule has 0 aliphatic rings. The highest BCUT2D eigenvalue weighted by atomic mass is 32.1. The van der Waals surface area contributed by atoms with E-state index in [-0.39, 0.29) is 11.4 Å². The minimum absolute atomic E-state index is 0.117. The molecule has 0 aliphatic heterocycles. The van der Waals surface area contributed by atoms with Gasteiger partial charge in [-0.15, -0.1) is 11.3 Å². The molecule has 136 valence electrons. The Morgan fingerprint density at radius 3 is 2.78 bits per heavy atom. The van der Waals surface area contributed by atoms with E-state index in [4.69, 9.17) is 4.74 Å². The van der Waals surface area contributed by atoms with Crippen LogP contribution in [-0.2, 0) is 6.54 Å². The number of thiophene rings is 1. The summed E-state index contributed by atoms with van der Waals surface area (Å²) in [4.78, 5) is 18.0. The normalized spacial score (nSPS) is 11.0. The van der Waals surface area contributed by atoms with Crippen LogP contribution in [0, 0.1) is 12.7 Å². The van der Waals surface area contributed by atoms with E-state index in [1.807, 2.05) is 36.6 Å². The highest BCUT2D eigenvalue weighted by Crippen LogP contribution is 2.30. The number of halogens is 1. The Bertz CT molecular complexity index is 1150. The van der Waals surface area contributed by atoms with Crippen molar-refractivity contribution in [3.8, 4) is 16.9 Å². The van der Waals surface area contributed by atoms with E-state index in [0.29, 0.717) is 23.4 Å². The number of nitrogens with zero attached hydrogens (tertiary/aromatic N) is 2. The standard InChI is InChI=1S/C21H17FN2O2S/c1-14-3-2-4-17(11-14)26-10-9-24-13-23-20-19(21(24)25)18(12-27-20)15-5-7-16(22)8-6-15/h2-8,11-13H,9-10H2,1H3. The maximum atomic E-state index is 13.2. The van der Waals surface area contributed by atoms with Crippen LogP contribution in [0.5, 0.6) is 5.75 Å². The number of rotatable bonds is 5. The Labute approximate surface area is 159 Å². The second-order valence-corrected chi connectivity index (χ2v) is 7.10. The predicted molar refractivity (Wildman–Crippen MR) is 106 cm³/mol. The lowest BCUT2D eigenvalue weighted by Gasteiger charge is -2.09. The molecular formula is C21H17FN2O2S. The van der Waals surface area contributed by atoms with Gasteiger partial charge in [-0.25, -0.2) is 9.37 Å². The summed E-state index contributed by atoms with van der Waals surface area (Å²) in [6.07, 6.45) is 1.55. The summed E-state index contributed by atoms with van der Waals surface area (Å²) in [6, 6.07) is 13.9. The SMILES string of the molecule is Cc1cccc(OCCn2cnc3scc(-c4ccc(F)cc4)c3c2=O)c1. The minimum atomic E-state index is -0.304. The van der Waals surface area contributed by atoms with Crippen molar-refractivity contribution in [2.75, 3.05) is 6.61 Å². The molecule has 0 bridgehead atoms. The third-order valence-electron chi connectivity index (χ3n) is 4.31. The molecule has 4 aromatic rings. The van der Waals surface area contributed by atoms with Gasteiger partial charge in [0.15, 0.2) is 0 Å². The number of aryl methyl sites for hydroxylation is 1. The van der Waals surface area contributed by atoms with Crippen molar-refractivity contribution in [3.63, 3.8) is 0 Å². The molecule has 2 aromatic carbocycles. The molecule has 0 spiro atoms. The molecule has 0 fully saturated rings. The molecule has 0 atom stereocenters. The van der Waals surface area contributed by atoms with Crippen LogP contribution in [0.3, 0.4) is 0 Å². The summed E-state index contributed by atoms with van der Waals surface area (Å²) in [5, 5.41) is 2.45. The fourth-order valence-corrected chi connectivity index (χ4v) is 3.84. The lowest BCUT2D eigenvalue weighted by molar-refractivity contribution is 0.296. The first-order chi connectivity index (χ1) is 13.1. The molecule has 2 aromatic heterocycles. The molecule has 0 N–H and O–H groups in total.